The van der Waals surface area contributed by atoms with Crippen molar-refractivity contribution < 1.29 is 13.9 Å². The molecule has 2 heterocycles. The van der Waals surface area contributed by atoms with E-state index in [1.807, 2.05) is 19.9 Å². The molecule has 0 radical (unpaired) electrons. The van der Waals surface area contributed by atoms with Crippen molar-refractivity contribution in [2.75, 3.05) is 13.1 Å². The highest BCUT2D eigenvalue weighted by Gasteiger charge is 2.28. The summed E-state index contributed by atoms with van der Waals surface area (Å²) in [5, 5.41) is 0.684. The van der Waals surface area contributed by atoms with Gasteiger partial charge in [-0.3, -0.25) is 4.79 Å². The maximum atomic E-state index is 12.7. The molecule has 5 nitrogen and oxygen atoms in total. The molecule has 1 amide bonds. The molecule has 23 heavy (non-hydrogen) atoms. The highest BCUT2D eigenvalue weighted by molar-refractivity contribution is 9.11. The Balaban J connectivity index is 2.04. The minimum Gasteiger partial charge on any atom is -0.421 e. The summed E-state index contributed by atoms with van der Waals surface area (Å²) < 4.78 is 12.5. The van der Waals surface area contributed by atoms with Crippen LogP contribution in [0.25, 0.3) is 11.0 Å². The Morgan fingerprint density at radius 3 is 2.48 bits per heavy atom. The van der Waals surface area contributed by atoms with Crippen LogP contribution in [0.1, 0.15) is 24.2 Å². The first-order valence-electron chi connectivity index (χ1n) is 7.23. The summed E-state index contributed by atoms with van der Waals surface area (Å²) in [5.41, 5.74) is -0.153. The Morgan fingerprint density at radius 1 is 1.17 bits per heavy atom. The smallest absolute Gasteiger partial charge is 0.349 e. The average molecular weight is 445 g/mol. The number of hydrogen-bond acceptors (Lipinski definition) is 4. The number of halogens is 2. The summed E-state index contributed by atoms with van der Waals surface area (Å²) >= 11 is 6.76. The summed E-state index contributed by atoms with van der Waals surface area (Å²) in [4.78, 5) is 26.6. The SMILES string of the molecule is C[C@@H]1CN(C(=O)c2cc3cc(Br)cc(Br)c3oc2=O)C[C@H](C)O1. The van der Waals surface area contributed by atoms with E-state index in [0.29, 0.717) is 28.5 Å². The van der Waals surface area contributed by atoms with Gasteiger partial charge in [-0.05, 0) is 48.0 Å². The van der Waals surface area contributed by atoms with Crippen LogP contribution in [0.5, 0.6) is 0 Å². The predicted molar refractivity (Wildman–Crippen MR) is 93.8 cm³/mol. The third-order valence-electron chi connectivity index (χ3n) is 3.69. The number of ether oxygens (including phenoxy) is 1. The Kier molecular flexibility index (Phi) is 4.62. The van der Waals surface area contributed by atoms with Gasteiger partial charge in [0, 0.05) is 22.9 Å². The zero-order valence-electron chi connectivity index (χ0n) is 12.6. The highest BCUT2D eigenvalue weighted by Crippen LogP contribution is 2.28. The molecule has 0 N–H and O–H groups in total. The van der Waals surface area contributed by atoms with E-state index in [9.17, 15) is 9.59 Å². The molecule has 1 aliphatic heterocycles. The Morgan fingerprint density at radius 2 is 1.83 bits per heavy atom. The lowest BCUT2D eigenvalue weighted by Gasteiger charge is -2.35. The zero-order chi connectivity index (χ0) is 16.7. The first-order chi connectivity index (χ1) is 10.8. The molecule has 7 heteroatoms. The molecule has 122 valence electrons. The van der Waals surface area contributed by atoms with Crippen molar-refractivity contribution in [3.05, 3.63) is 43.1 Å². The lowest BCUT2D eigenvalue weighted by Crippen LogP contribution is -2.49. The van der Waals surface area contributed by atoms with Crippen molar-refractivity contribution in [3.63, 3.8) is 0 Å². The molecule has 0 unspecified atom stereocenters. The Hall–Kier alpha value is -1.18. The number of rotatable bonds is 1. The van der Waals surface area contributed by atoms with Crippen LogP contribution < -0.4 is 5.63 Å². The third kappa shape index (κ3) is 3.36. The maximum absolute atomic E-state index is 12.7. The normalized spacial score (nSPS) is 21.7. The number of nitrogens with zero attached hydrogens (tertiary/aromatic N) is 1. The minimum absolute atomic E-state index is 0.0452. The van der Waals surface area contributed by atoms with Gasteiger partial charge in [0.25, 0.3) is 5.91 Å². The number of morpholine rings is 1. The standard InChI is InChI=1S/C16H15Br2NO4/c1-8-6-19(7-9(2)22-8)15(20)12-4-10-3-11(17)5-13(18)14(10)23-16(12)21/h3-5,8-9H,6-7H2,1-2H3/t8-,9+. The molecule has 2 atom stereocenters. The average Bonchev–Trinajstić information content (AvgIpc) is 2.46. The van der Waals surface area contributed by atoms with E-state index in [4.69, 9.17) is 9.15 Å². The van der Waals surface area contributed by atoms with Crippen LogP contribution in [0.3, 0.4) is 0 Å². The second-order valence-corrected chi connectivity index (χ2v) is 7.49. The van der Waals surface area contributed by atoms with Crippen LogP contribution in [0.2, 0.25) is 0 Å². The van der Waals surface area contributed by atoms with Crippen LogP contribution in [0.15, 0.2) is 36.4 Å². The van der Waals surface area contributed by atoms with E-state index < -0.39 is 5.63 Å². The van der Waals surface area contributed by atoms with Crippen molar-refractivity contribution in [2.24, 2.45) is 0 Å². The van der Waals surface area contributed by atoms with Crippen molar-refractivity contribution in [3.8, 4) is 0 Å². The van der Waals surface area contributed by atoms with Gasteiger partial charge in [-0.25, -0.2) is 4.79 Å². The van der Waals surface area contributed by atoms with Gasteiger partial charge in [0.2, 0.25) is 0 Å². The van der Waals surface area contributed by atoms with E-state index in [0.717, 1.165) is 4.47 Å². The molecule has 1 aromatic heterocycles. The van der Waals surface area contributed by atoms with Gasteiger partial charge >= 0.3 is 5.63 Å². The Bertz CT molecular complexity index is 823. The first-order valence-corrected chi connectivity index (χ1v) is 8.81. The first kappa shape index (κ1) is 16.7. The topological polar surface area (TPSA) is 59.8 Å². The van der Waals surface area contributed by atoms with Crippen molar-refractivity contribution in [2.45, 2.75) is 26.1 Å². The number of amides is 1. The van der Waals surface area contributed by atoms with Crippen LogP contribution in [-0.2, 0) is 4.74 Å². The minimum atomic E-state index is -0.627. The van der Waals surface area contributed by atoms with Gasteiger partial charge in [0.1, 0.15) is 5.56 Å². The number of hydrogen-bond donors (Lipinski definition) is 0. The lowest BCUT2D eigenvalue weighted by atomic mass is 10.1. The van der Waals surface area contributed by atoms with Crippen LogP contribution in [-0.4, -0.2) is 36.1 Å². The fourth-order valence-electron chi connectivity index (χ4n) is 2.82. The number of benzene rings is 1. The molecule has 1 fully saturated rings. The summed E-state index contributed by atoms with van der Waals surface area (Å²) in [6.45, 7) is 4.74. The Labute approximate surface area is 149 Å². The van der Waals surface area contributed by atoms with Crippen LogP contribution >= 0.6 is 31.9 Å². The second kappa shape index (κ2) is 6.37. The second-order valence-electron chi connectivity index (χ2n) is 5.72. The van der Waals surface area contributed by atoms with Crippen molar-refractivity contribution in [1.29, 1.82) is 0 Å². The third-order valence-corrected chi connectivity index (χ3v) is 4.74. The highest BCUT2D eigenvalue weighted by atomic mass is 79.9. The van der Waals surface area contributed by atoms with Gasteiger partial charge < -0.3 is 14.1 Å². The van der Waals surface area contributed by atoms with Gasteiger partial charge in [0.15, 0.2) is 5.58 Å². The molecular weight excluding hydrogens is 430 g/mol. The van der Waals surface area contributed by atoms with Crippen LogP contribution in [0, 0.1) is 0 Å². The van der Waals surface area contributed by atoms with Gasteiger partial charge in [-0.1, -0.05) is 15.9 Å². The maximum Gasteiger partial charge on any atom is 0.349 e. The predicted octanol–water partition coefficient (Wildman–Crippen LogP) is 3.57. The molecule has 1 aromatic carbocycles. The summed E-state index contributed by atoms with van der Waals surface area (Å²) in [6.07, 6.45) is -0.114. The number of fused-ring (bicyclic) bond motifs is 1. The summed E-state index contributed by atoms with van der Waals surface area (Å²) in [5.74, 6) is -0.321. The van der Waals surface area contributed by atoms with E-state index in [1.54, 1.807) is 17.0 Å². The molecule has 0 saturated carbocycles. The quantitative estimate of drug-likeness (QED) is 0.631. The van der Waals surface area contributed by atoms with Crippen molar-refractivity contribution >= 4 is 48.7 Å². The van der Waals surface area contributed by atoms with Gasteiger partial charge in [-0.15, -0.1) is 0 Å². The van der Waals surface area contributed by atoms with Gasteiger partial charge in [0.05, 0.1) is 16.7 Å². The number of carbonyl (C=O) groups excluding carboxylic acids is 1. The largest absolute Gasteiger partial charge is 0.421 e. The lowest BCUT2D eigenvalue weighted by molar-refractivity contribution is -0.0587. The zero-order valence-corrected chi connectivity index (χ0v) is 15.8. The van der Waals surface area contributed by atoms with Crippen molar-refractivity contribution in [1.82, 2.24) is 4.90 Å². The van der Waals surface area contributed by atoms with E-state index >= 15 is 0 Å². The summed E-state index contributed by atoms with van der Waals surface area (Å²) in [7, 11) is 0. The fraction of sp³-hybridized carbons (Fsp3) is 0.375. The molecule has 2 aromatic rings. The van der Waals surface area contributed by atoms with Crippen LogP contribution in [0.4, 0.5) is 0 Å². The van der Waals surface area contributed by atoms with Gasteiger partial charge in [-0.2, -0.15) is 0 Å². The molecular formula is C16H15Br2NO4. The molecule has 1 aliphatic rings. The van der Waals surface area contributed by atoms with E-state index in [1.165, 1.54) is 0 Å². The molecule has 3 rings (SSSR count). The molecule has 1 saturated heterocycles. The fourth-order valence-corrected chi connectivity index (χ4v) is 4.16. The number of carbonyl (C=O) groups is 1. The molecule has 0 bridgehead atoms. The van der Waals surface area contributed by atoms with E-state index in [-0.39, 0.29) is 23.7 Å². The molecule has 0 spiro atoms. The summed E-state index contributed by atoms with van der Waals surface area (Å²) in [6, 6.07) is 5.19. The van der Waals surface area contributed by atoms with E-state index in [2.05, 4.69) is 31.9 Å². The monoisotopic (exact) mass is 443 g/mol. The molecule has 0 aliphatic carbocycles.